The van der Waals surface area contributed by atoms with E-state index in [0.29, 0.717) is 0 Å². The van der Waals surface area contributed by atoms with Crippen LogP contribution in [-0.4, -0.2) is 183 Å². The van der Waals surface area contributed by atoms with Crippen molar-refractivity contribution in [3.8, 4) is 0 Å². The quantitative estimate of drug-likeness (QED) is 0.104. The Bertz CT molecular complexity index is 306. The van der Waals surface area contributed by atoms with Gasteiger partial charge < -0.3 is 74.4 Å². The smallest absolute Gasteiger partial charge is 0.00772 e. The molecule has 7 radical (unpaired) electrons. The maximum Gasteiger partial charge on any atom is 0.00772 e. The monoisotopic (exact) mass is 1120 g/mol. The van der Waals surface area contributed by atoms with Crippen LogP contribution in [0.15, 0.2) is 0 Å². The second-order valence-corrected chi connectivity index (χ2v) is 10.5. The molecule has 0 aromatic heterocycles. The fraction of sp³-hybridized carbons (Fsp3) is 1.00. The zero-order valence-electron chi connectivity index (χ0n) is 29.7. The Morgan fingerprint density at radius 3 is 0.176 bits per heavy atom. The molecule has 0 aromatic rings. The maximum absolute atomic E-state index is 3.22. The van der Waals surface area contributed by atoms with Crippen LogP contribution in [-0.2, 0) is 119 Å². The van der Waals surface area contributed by atoms with Gasteiger partial charge in [-0.15, -0.1) is 24.8 Å². The zero-order chi connectivity index (χ0) is 29.7. The van der Waals surface area contributed by atoms with E-state index in [0.717, 1.165) is 183 Å². The van der Waals surface area contributed by atoms with Crippen LogP contribution in [0.4, 0.5) is 0 Å². The van der Waals surface area contributed by atoms with Crippen molar-refractivity contribution in [2.75, 3.05) is 183 Å². The van der Waals surface area contributed by atoms with E-state index in [1.165, 1.54) is 0 Å². The Labute approximate surface area is 398 Å². The van der Waals surface area contributed by atoms with Gasteiger partial charge in [-0.1, -0.05) is 0 Å². The Balaban J connectivity index is -0.0000000560. The Kier molecular flexibility index (Phi) is 106. The van der Waals surface area contributed by atoms with E-state index in [2.05, 4.69) is 74.4 Å². The fourth-order valence-corrected chi connectivity index (χ4v) is 4.22. The molecule has 0 amide bonds. The van der Waals surface area contributed by atoms with E-state index in [4.69, 9.17) is 0 Å². The van der Waals surface area contributed by atoms with E-state index in [9.17, 15) is 0 Å². The zero-order valence-corrected chi connectivity index (χ0v) is 38.0. The molecule has 51 heavy (non-hydrogen) atoms. The van der Waals surface area contributed by atoms with Gasteiger partial charge in [0.15, 0.2) is 0 Å². The standard InChI is InChI=1S/7C4H10N2.2ClH.7Cu/c7*1-2-6-4-3-5-1;;;;;;;;;/h7*5-6H,1-4H2;2*1H;;;;;;;. The van der Waals surface area contributed by atoms with Gasteiger partial charge in [0.25, 0.3) is 0 Å². The van der Waals surface area contributed by atoms with Crippen LogP contribution in [0.3, 0.4) is 0 Å². The normalized spacial score (nSPS) is 19.8. The Morgan fingerprint density at radius 2 is 0.157 bits per heavy atom. The minimum absolute atomic E-state index is 0. The van der Waals surface area contributed by atoms with Gasteiger partial charge >= 0.3 is 0 Å². The van der Waals surface area contributed by atoms with E-state index < -0.39 is 0 Å². The molecule has 0 bridgehead atoms. The van der Waals surface area contributed by atoms with Crippen LogP contribution < -0.4 is 74.4 Å². The molecule has 7 rings (SSSR count). The van der Waals surface area contributed by atoms with Crippen molar-refractivity contribution in [1.29, 1.82) is 0 Å². The molecule has 0 aliphatic carbocycles. The molecular formula is C28H72Cl2Cu7N14. The number of piperazine rings is 7. The topological polar surface area (TPSA) is 168 Å². The summed E-state index contributed by atoms with van der Waals surface area (Å²) >= 11 is 0. The predicted molar refractivity (Wildman–Crippen MR) is 195 cm³/mol. The van der Waals surface area contributed by atoms with Crippen LogP contribution >= 0.6 is 24.8 Å². The fourth-order valence-electron chi connectivity index (χ4n) is 4.22. The molecule has 7 saturated heterocycles. The summed E-state index contributed by atoms with van der Waals surface area (Å²) in [6.07, 6.45) is 0. The first-order chi connectivity index (χ1) is 21.0. The van der Waals surface area contributed by atoms with Gasteiger partial charge in [-0.05, 0) is 0 Å². The largest absolute Gasteiger partial charge is 0.314 e. The minimum atomic E-state index is 0. The number of hydrogen-bond donors (Lipinski definition) is 14. The van der Waals surface area contributed by atoms with Crippen LogP contribution in [0, 0.1) is 0 Å². The molecule has 14 nitrogen and oxygen atoms in total. The SMILES string of the molecule is C1CNCCN1.C1CNCCN1.C1CNCCN1.C1CNCCN1.C1CNCCN1.C1CNCCN1.C1CNCCN1.Cl.Cl.[Cu].[Cu].[Cu].[Cu].[Cu].[Cu].[Cu]. The summed E-state index contributed by atoms with van der Waals surface area (Å²) in [5.41, 5.74) is 0. The summed E-state index contributed by atoms with van der Waals surface area (Å²) in [5.74, 6) is 0. The van der Waals surface area contributed by atoms with Gasteiger partial charge in [-0.2, -0.15) is 0 Å². The first-order valence-electron chi connectivity index (χ1n) is 16.9. The van der Waals surface area contributed by atoms with E-state index in [-0.39, 0.29) is 144 Å². The minimum Gasteiger partial charge on any atom is -0.314 e. The van der Waals surface area contributed by atoms with Gasteiger partial charge in [0, 0.05) is 303 Å². The average Bonchev–Trinajstić information content (AvgIpc) is 3.15. The van der Waals surface area contributed by atoms with Crippen LogP contribution in [0.5, 0.6) is 0 Å². The maximum atomic E-state index is 3.22. The number of hydrogen-bond acceptors (Lipinski definition) is 14. The van der Waals surface area contributed by atoms with Gasteiger partial charge in [0.2, 0.25) is 0 Å². The second-order valence-electron chi connectivity index (χ2n) is 10.5. The average molecular weight is 1120 g/mol. The predicted octanol–water partition coefficient (Wildman–Crippen LogP) is -4.92. The molecule has 23 heteroatoms. The van der Waals surface area contributed by atoms with Gasteiger partial charge in [0.05, 0.1) is 0 Å². The van der Waals surface area contributed by atoms with Crippen molar-refractivity contribution in [3.63, 3.8) is 0 Å². The second kappa shape index (κ2) is 71.4. The summed E-state index contributed by atoms with van der Waals surface area (Å²) in [4.78, 5) is 0. The molecule has 7 fully saturated rings. The number of rotatable bonds is 0. The summed E-state index contributed by atoms with van der Waals surface area (Å²) in [5, 5.41) is 45.1. The summed E-state index contributed by atoms with van der Waals surface area (Å²) < 4.78 is 0. The Morgan fingerprint density at radius 1 is 0.118 bits per heavy atom. The van der Waals surface area contributed by atoms with Gasteiger partial charge in [-0.25, -0.2) is 0 Å². The molecule has 14 N–H and O–H groups in total. The molecule has 0 atom stereocenters. The van der Waals surface area contributed by atoms with E-state index >= 15 is 0 Å². The van der Waals surface area contributed by atoms with Crippen molar-refractivity contribution in [1.82, 2.24) is 74.4 Å². The van der Waals surface area contributed by atoms with Crippen molar-refractivity contribution in [2.45, 2.75) is 0 Å². The molecule has 7 heterocycles. The van der Waals surface area contributed by atoms with E-state index in [1.54, 1.807) is 0 Å². The number of halogens is 2. The summed E-state index contributed by atoms with van der Waals surface area (Å²) in [6.45, 7) is 31.9. The van der Waals surface area contributed by atoms with E-state index in [1.807, 2.05) is 0 Å². The molecule has 345 valence electrons. The molecular weight excluding hydrogens is 1050 g/mol. The molecule has 0 aromatic carbocycles. The van der Waals surface area contributed by atoms with Crippen LogP contribution in [0.2, 0.25) is 0 Å². The Hall–Kier alpha value is 3.66. The third-order valence-corrected chi connectivity index (χ3v) is 6.70. The number of nitrogens with one attached hydrogen (secondary N) is 14. The molecule has 7 aliphatic rings. The van der Waals surface area contributed by atoms with Crippen LogP contribution in [0.1, 0.15) is 0 Å². The van der Waals surface area contributed by atoms with Crippen molar-refractivity contribution in [2.24, 2.45) is 0 Å². The van der Waals surface area contributed by atoms with Crippen molar-refractivity contribution in [3.05, 3.63) is 0 Å². The van der Waals surface area contributed by atoms with Gasteiger partial charge in [-0.3, -0.25) is 0 Å². The van der Waals surface area contributed by atoms with Crippen molar-refractivity contribution < 1.29 is 119 Å². The first-order valence-corrected chi connectivity index (χ1v) is 16.9. The van der Waals surface area contributed by atoms with Crippen LogP contribution in [0.25, 0.3) is 0 Å². The third-order valence-electron chi connectivity index (χ3n) is 6.70. The van der Waals surface area contributed by atoms with Crippen molar-refractivity contribution >= 4 is 24.8 Å². The summed E-state index contributed by atoms with van der Waals surface area (Å²) in [7, 11) is 0. The molecule has 0 saturated carbocycles. The first kappa shape index (κ1) is 75.5. The third kappa shape index (κ3) is 68.7. The molecule has 7 aliphatic heterocycles. The molecule has 0 spiro atoms. The molecule has 0 unspecified atom stereocenters. The van der Waals surface area contributed by atoms with Gasteiger partial charge in [0.1, 0.15) is 0 Å². The summed E-state index contributed by atoms with van der Waals surface area (Å²) in [6, 6.07) is 0.